The van der Waals surface area contributed by atoms with E-state index in [1.54, 1.807) is 0 Å². The normalized spacial score (nSPS) is 13.5. The lowest BCUT2D eigenvalue weighted by atomic mass is 10.0. The molecular weight excluding hydrogens is 842 g/mol. The molecule has 2 atom stereocenters. The van der Waals surface area contributed by atoms with Gasteiger partial charge in [-0.25, -0.2) is 4.57 Å². The fraction of sp³-hybridized carbons (Fsp3) is 0.877. The summed E-state index contributed by atoms with van der Waals surface area (Å²) in [4.78, 5) is 22.7. The van der Waals surface area contributed by atoms with Crippen molar-refractivity contribution in [3.8, 4) is 0 Å². The first-order valence-corrected chi connectivity index (χ1v) is 30.0. The maximum atomic E-state index is 12.7. The van der Waals surface area contributed by atoms with E-state index >= 15 is 0 Å². The lowest BCUT2D eigenvalue weighted by molar-refractivity contribution is -0.154. The van der Waals surface area contributed by atoms with Crippen LogP contribution in [0.15, 0.2) is 36.5 Å². The summed E-state index contributed by atoms with van der Waals surface area (Å²) < 4.78 is 33.7. The average Bonchev–Trinajstić information content (AvgIpc) is 3.31. The molecule has 0 fully saturated rings. The number of unbranched alkanes of at least 4 members (excludes halogenated alkanes) is 36. The van der Waals surface area contributed by atoms with E-state index in [1.165, 1.54) is 225 Å². The van der Waals surface area contributed by atoms with E-state index in [1.807, 2.05) is 0 Å². The third-order valence-corrected chi connectivity index (χ3v) is 13.5. The lowest BCUT2D eigenvalue weighted by Crippen LogP contribution is -2.28. The number of rotatable bonds is 55. The fourth-order valence-corrected chi connectivity index (χ4v) is 9.08. The maximum absolute atomic E-state index is 12.7. The molecule has 0 bridgehead atoms. The molecule has 0 aliphatic rings. The summed E-state index contributed by atoms with van der Waals surface area (Å²) in [6.45, 7) is 4.96. The van der Waals surface area contributed by atoms with Gasteiger partial charge in [0.1, 0.15) is 6.10 Å². The lowest BCUT2D eigenvalue weighted by Gasteiger charge is -2.20. The molecule has 0 saturated heterocycles. The van der Waals surface area contributed by atoms with Crippen molar-refractivity contribution in [1.29, 1.82) is 0 Å². The number of phosphoric acid groups is 1. The molecule has 0 heterocycles. The van der Waals surface area contributed by atoms with Gasteiger partial charge >= 0.3 is 13.8 Å². The number of phosphoric ester groups is 1. The maximum Gasteiger partial charge on any atom is 0.472 e. The first-order chi connectivity index (χ1) is 32.4. The van der Waals surface area contributed by atoms with Crippen molar-refractivity contribution < 1.29 is 32.8 Å². The number of carbonyl (C=O) groups is 1. The highest BCUT2D eigenvalue weighted by atomic mass is 31.2. The number of ether oxygens (including phenoxy) is 2. The van der Waals surface area contributed by atoms with Crippen LogP contribution in [0, 0.1) is 0 Å². The fourth-order valence-electron chi connectivity index (χ4n) is 8.32. The van der Waals surface area contributed by atoms with Crippen LogP contribution < -0.4 is 5.73 Å². The third-order valence-electron chi connectivity index (χ3n) is 12.5. The first kappa shape index (κ1) is 64.7. The topological polar surface area (TPSA) is 117 Å². The van der Waals surface area contributed by atoms with Crippen LogP contribution in [0.25, 0.3) is 0 Å². The van der Waals surface area contributed by atoms with Gasteiger partial charge in [0.05, 0.1) is 19.8 Å². The van der Waals surface area contributed by atoms with Crippen molar-refractivity contribution in [2.75, 3.05) is 33.0 Å². The molecule has 0 rings (SSSR count). The zero-order chi connectivity index (χ0) is 48.0. The van der Waals surface area contributed by atoms with Crippen molar-refractivity contribution >= 4 is 13.8 Å². The molecule has 0 saturated carbocycles. The standard InChI is InChI=1S/C57H110NO7P/c1-3-5-7-9-11-13-15-17-19-21-23-25-27-28-29-30-32-34-36-38-40-42-44-46-48-50-57(59)65-56(55-64-66(60,61)63-53-51-58)54-62-52-49-47-45-43-41-39-37-35-33-31-26-24-22-20-18-16-14-12-10-8-6-4-2/h16,18,21-24,56H,3-15,17,19-20,25-55,58H2,1-2H3,(H,60,61)/b18-16-,23-21-,24-22-. The molecule has 390 valence electrons. The molecule has 0 aromatic heterocycles. The number of carbonyl (C=O) groups excluding carboxylic acids is 1. The number of esters is 1. The van der Waals surface area contributed by atoms with Gasteiger partial charge in [0.25, 0.3) is 0 Å². The van der Waals surface area contributed by atoms with Crippen molar-refractivity contribution in [3.05, 3.63) is 36.5 Å². The van der Waals surface area contributed by atoms with E-state index in [-0.39, 0.29) is 32.3 Å². The largest absolute Gasteiger partial charge is 0.472 e. The molecule has 2 unspecified atom stereocenters. The average molecular weight is 952 g/mol. The van der Waals surface area contributed by atoms with Gasteiger partial charge in [0, 0.05) is 19.6 Å². The van der Waals surface area contributed by atoms with E-state index in [0.717, 1.165) is 38.5 Å². The highest BCUT2D eigenvalue weighted by molar-refractivity contribution is 7.47. The predicted octanol–water partition coefficient (Wildman–Crippen LogP) is 18.1. The Hall–Kier alpha value is -1.28. The first-order valence-electron chi connectivity index (χ1n) is 28.5. The van der Waals surface area contributed by atoms with Gasteiger partial charge < -0.3 is 20.1 Å². The smallest absolute Gasteiger partial charge is 0.457 e. The number of hydrogen-bond donors (Lipinski definition) is 2. The third kappa shape index (κ3) is 53.7. The number of nitrogens with two attached hydrogens (primary N) is 1. The summed E-state index contributed by atoms with van der Waals surface area (Å²) in [7, 11) is -4.29. The minimum absolute atomic E-state index is 0.0950. The summed E-state index contributed by atoms with van der Waals surface area (Å²) in [5.41, 5.74) is 5.40. The second-order valence-corrected chi connectivity index (χ2v) is 20.6. The van der Waals surface area contributed by atoms with E-state index in [4.69, 9.17) is 24.3 Å². The summed E-state index contributed by atoms with van der Waals surface area (Å²) in [5.74, 6) is -0.327. The van der Waals surface area contributed by atoms with Crippen LogP contribution in [0.3, 0.4) is 0 Å². The molecule has 0 aromatic carbocycles. The Morgan fingerprint density at radius 3 is 1.20 bits per heavy atom. The minimum atomic E-state index is -4.29. The molecule has 0 aliphatic heterocycles. The molecule has 0 spiro atoms. The van der Waals surface area contributed by atoms with Crippen LogP contribution in [0.5, 0.6) is 0 Å². The van der Waals surface area contributed by atoms with E-state index < -0.39 is 13.9 Å². The Morgan fingerprint density at radius 2 is 0.803 bits per heavy atom. The van der Waals surface area contributed by atoms with Crippen LogP contribution in [0.2, 0.25) is 0 Å². The second kappa shape index (κ2) is 54.7. The number of hydrogen-bond acceptors (Lipinski definition) is 7. The zero-order valence-electron chi connectivity index (χ0n) is 43.7. The quantitative estimate of drug-likeness (QED) is 0.0268. The molecule has 9 heteroatoms. The van der Waals surface area contributed by atoms with Crippen LogP contribution in [-0.4, -0.2) is 49.9 Å². The van der Waals surface area contributed by atoms with Gasteiger partial charge in [0.15, 0.2) is 0 Å². The van der Waals surface area contributed by atoms with Crippen molar-refractivity contribution in [1.82, 2.24) is 0 Å². The van der Waals surface area contributed by atoms with Crippen molar-refractivity contribution in [3.63, 3.8) is 0 Å². The monoisotopic (exact) mass is 952 g/mol. The molecule has 0 amide bonds. The molecule has 66 heavy (non-hydrogen) atoms. The summed E-state index contributed by atoms with van der Waals surface area (Å²) in [5, 5.41) is 0. The van der Waals surface area contributed by atoms with E-state index in [2.05, 4.69) is 50.3 Å². The number of allylic oxidation sites excluding steroid dienone is 6. The van der Waals surface area contributed by atoms with Crippen LogP contribution in [-0.2, 0) is 27.9 Å². The second-order valence-electron chi connectivity index (χ2n) is 19.1. The van der Waals surface area contributed by atoms with E-state index in [9.17, 15) is 14.3 Å². The summed E-state index contributed by atoms with van der Waals surface area (Å²) in [6.07, 6.45) is 66.2. The Balaban J connectivity index is 3.87. The predicted molar refractivity (Wildman–Crippen MR) is 284 cm³/mol. The van der Waals surface area contributed by atoms with Crippen molar-refractivity contribution in [2.45, 2.75) is 290 Å². The Bertz CT molecular complexity index is 1110. The van der Waals surface area contributed by atoms with Crippen LogP contribution >= 0.6 is 7.82 Å². The zero-order valence-corrected chi connectivity index (χ0v) is 44.6. The molecule has 3 N–H and O–H groups in total. The molecular formula is C57H110NO7P. The Kier molecular flexibility index (Phi) is 53.6. The van der Waals surface area contributed by atoms with Gasteiger partial charge in [0.2, 0.25) is 0 Å². The Labute approximate surface area is 409 Å². The molecule has 8 nitrogen and oxygen atoms in total. The van der Waals surface area contributed by atoms with Gasteiger partial charge in [-0.3, -0.25) is 13.8 Å². The van der Waals surface area contributed by atoms with Gasteiger partial charge in [-0.15, -0.1) is 0 Å². The molecule has 0 aliphatic carbocycles. The van der Waals surface area contributed by atoms with E-state index in [0.29, 0.717) is 13.0 Å². The Morgan fingerprint density at radius 1 is 0.455 bits per heavy atom. The highest BCUT2D eigenvalue weighted by Crippen LogP contribution is 2.43. The van der Waals surface area contributed by atoms with Gasteiger partial charge in [-0.05, 0) is 70.6 Å². The van der Waals surface area contributed by atoms with Gasteiger partial charge in [-0.2, -0.15) is 0 Å². The molecule has 0 aromatic rings. The summed E-state index contributed by atoms with van der Waals surface area (Å²) >= 11 is 0. The minimum Gasteiger partial charge on any atom is -0.457 e. The van der Waals surface area contributed by atoms with Crippen LogP contribution in [0.4, 0.5) is 0 Å². The van der Waals surface area contributed by atoms with Crippen molar-refractivity contribution in [2.24, 2.45) is 5.73 Å². The SMILES string of the molecule is CCCCCCC/C=C\C/C=C\CCCCCCCCCCCCOCC(COP(=O)(O)OCCN)OC(=O)CCCCCCCCCCCCCCC/C=C\CCCCCCCCCC. The molecule has 0 radical (unpaired) electrons. The van der Waals surface area contributed by atoms with Gasteiger partial charge in [-0.1, -0.05) is 243 Å². The summed E-state index contributed by atoms with van der Waals surface area (Å²) in [6, 6.07) is 0. The highest BCUT2D eigenvalue weighted by Gasteiger charge is 2.25. The van der Waals surface area contributed by atoms with Crippen LogP contribution in [0.1, 0.15) is 284 Å².